The van der Waals surface area contributed by atoms with Crippen molar-refractivity contribution in [3.8, 4) is 28.3 Å². The van der Waals surface area contributed by atoms with E-state index in [0.29, 0.717) is 5.89 Å². The Kier molecular flexibility index (Phi) is 7.91. The van der Waals surface area contributed by atoms with E-state index in [4.69, 9.17) is 9.40 Å². The van der Waals surface area contributed by atoms with E-state index in [9.17, 15) is 0 Å². The number of benzene rings is 8. The second-order valence-electron chi connectivity index (χ2n) is 17.5. The molecular weight excluding hydrogens is 787 g/mol. The molecule has 300 valence electrons. The molecule has 4 heterocycles. The summed E-state index contributed by atoms with van der Waals surface area (Å²) in [6.07, 6.45) is 5.64. The van der Waals surface area contributed by atoms with Crippen molar-refractivity contribution in [1.82, 2.24) is 9.55 Å². The van der Waals surface area contributed by atoms with E-state index in [1.54, 1.807) is 0 Å². The highest BCUT2D eigenvalue weighted by molar-refractivity contribution is 7.25. The zero-order valence-electron chi connectivity index (χ0n) is 34.9. The highest BCUT2D eigenvalue weighted by Crippen LogP contribution is 2.53. The van der Waals surface area contributed by atoms with Gasteiger partial charge in [0.15, 0.2) is 5.58 Å². The molecule has 8 aromatic carbocycles. The van der Waals surface area contributed by atoms with Gasteiger partial charge in [-0.05, 0) is 119 Å². The highest BCUT2D eigenvalue weighted by atomic mass is 32.1. The van der Waals surface area contributed by atoms with Gasteiger partial charge >= 0.3 is 0 Å². The Morgan fingerprint density at radius 2 is 1.32 bits per heavy atom. The lowest BCUT2D eigenvalue weighted by molar-refractivity contribution is 0.621. The summed E-state index contributed by atoms with van der Waals surface area (Å²) in [6.45, 7) is 4.75. The van der Waals surface area contributed by atoms with Gasteiger partial charge in [-0.15, -0.1) is 11.3 Å². The first-order valence-corrected chi connectivity index (χ1v) is 22.6. The number of hydrogen-bond donors (Lipinski definition) is 0. The van der Waals surface area contributed by atoms with Gasteiger partial charge in [-0.1, -0.05) is 129 Å². The van der Waals surface area contributed by atoms with Gasteiger partial charge < -0.3 is 13.9 Å². The largest absolute Gasteiger partial charge is 0.434 e. The van der Waals surface area contributed by atoms with E-state index in [1.165, 1.54) is 81.7 Å². The van der Waals surface area contributed by atoms with Crippen LogP contribution in [0.2, 0.25) is 0 Å². The Labute approximate surface area is 369 Å². The summed E-state index contributed by atoms with van der Waals surface area (Å²) in [4.78, 5) is 7.48. The van der Waals surface area contributed by atoms with Gasteiger partial charge in [0.05, 0.1) is 16.9 Å². The Bertz CT molecular complexity index is 3650. The van der Waals surface area contributed by atoms with E-state index in [1.807, 2.05) is 29.5 Å². The third-order valence-corrected chi connectivity index (χ3v) is 14.7. The molecule has 0 bridgehead atoms. The summed E-state index contributed by atoms with van der Waals surface area (Å²) in [5, 5.41) is 3.81. The number of aromatic nitrogens is 2. The van der Waals surface area contributed by atoms with Gasteiger partial charge in [0.2, 0.25) is 5.89 Å². The van der Waals surface area contributed by atoms with Crippen LogP contribution in [0.1, 0.15) is 47.7 Å². The van der Waals surface area contributed by atoms with E-state index in [2.05, 4.69) is 199 Å². The van der Waals surface area contributed by atoms with Gasteiger partial charge in [0, 0.05) is 59.5 Å². The monoisotopic (exact) mass is 827 g/mol. The molecule has 4 nitrogen and oxygen atoms in total. The van der Waals surface area contributed by atoms with Gasteiger partial charge in [-0.2, -0.15) is 0 Å². The van der Waals surface area contributed by atoms with E-state index in [-0.39, 0.29) is 11.3 Å². The minimum atomic E-state index is -0.187. The normalized spacial score (nSPS) is 15.3. The quantitative estimate of drug-likeness (QED) is 0.173. The molecule has 63 heavy (non-hydrogen) atoms. The molecule has 1 aliphatic heterocycles. The van der Waals surface area contributed by atoms with E-state index in [0.717, 1.165) is 34.3 Å². The number of oxazole rings is 1. The van der Waals surface area contributed by atoms with Crippen molar-refractivity contribution in [2.24, 2.45) is 0 Å². The van der Waals surface area contributed by atoms with Crippen molar-refractivity contribution < 1.29 is 4.42 Å². The molecule has 0 saturated carbocycles. The number of anilines is 3. The first-order valence-electron chi connectivity index (χ1n) is 21.8. The Morgan fingerprint density at radius 3 is 2.21 bits per heavy atom. The highest BCUT2D eigenvalue weighted by Gasteiger charge is 2.37. The SMILES string of the molecule is CC1(C)c2ccccc2N(c2ccccc2)c2ccc(C3C=Cc4c(c5ccc6nc(-c7ccccc7)oc6c5n4-c4cccc(-c5ccc6sc7ccccc7c6c5)c4)C3)cc21. The molecule has 0 spiro atoms. The third-order valence-electron chi connectivity index (χ3n) is 13.6. The number of fused-ring (bicyclic) bond motifs is 10. The van der Waals surface area contributed by atoms with Crippen molar-refractivity contribution in [2.45, 2.75) is 31.6 Å². The number of nitrogens with zero attached hydrogens (tertiary/aromatic N) is 3. The number of thiophene rings is 1. The van der Waals surface area contributed by atoms with Gasteiger partial charge in [0.1, 0.15) is 5.52 Å². The summed E-state index contributed by atoms with van der Waals surface area (Å²) in [5.41, 5.74) is 17.1. The molecular formula is C58H41N3OS. The zero-order valence-corrected chi connectivity index (χ0v) is 35.7. The zero-order chi connectivity index (χ0) is 41.8. The number of hydrogen-bond acceptors (Lipinski definition) is 4. The fourth-order valence-corrected chi connectivity index (χ4v) is 11.5. The lowest BCUT2D eigenvalue weighted by Gasteiger charge is -2.42. The van der Waals surface area contributed by atoms with Crippen LogP contribution in [-0.2, 0) is 11.8 Å². The van der Waals surface area contributed by atoms with Gasteiger partial charge in [-0.25, -0.2) is 4.98 Å². The summed E-state index contributed by atoms with van der Waals surface area (Å²) >= 11 is 1.86. The maximum Gasteiger partial charge on any atom is 0.227 e. The molecule has 1 unspecified atom stereocenters. The average molecular weight is 828 g/mol. The molecule has 2 aliphatic rings. The van der Waals surface area contributed by atoms with E-state index >= 15 is 0 Å². The predicted octanol–water partition coefficient (Wildman–Crippen LogP) is 15.9. The van der Waals surface area contributed by atoms with Crippen molar-refractivity contribution in [3.05, 3.63) is 216 Å². The Morgan fingerprint density at radius 1 is 0.587 bits per heavy atom. The molecule has 0 radical (unpaired) electrons. The van der Waals surface area contributed by atoms with Crippen molar-refractivity contribution in [1.29, 1.82) is 0 Å². The van der Waals surface area contributed by atoms with Crippen molar-refractivity contribution >= 4 is 76.6 Å². The van der Waals surface area contributed by atoms with Crippen LogP contribution >= 0.6 is 11.3 Å². The average Bonchev–Trinajstić information content (AvgIpc) is 4.04. The predicted molar refractivity (Wildman–Crippen MR) is 263 cm³/mol. The molecule has 13 rings (SSSR count). The summed E-state index contributed by atoms with van der Waals surface area (Å²) in [6, 6.07) is 66.1. The Balaban J connectivity index is 0.964. The minimum Gasteiger partial charge on any atom is -0.434 e. The van der Waals surface area contributed by atoms with Crippen LogP contribution in [0, 0.1) is 0 Å². The smallest absolute Gasteiger partial charge is 0.227 e. The van der Waals surface area contributed by atoms with Gasteiger partial charge in [0.25, 0.3) is 0 Å². The lowest BCUT2D eigenvalue weighted by Crippen LogP contribution is -2.30. The van der Waals surface area contributed by atoms with Crippen molar-refractivity contribution in [2.75, 3.05) is 4.90 Å². The first-order chi connectivity index (χ1) is 31.0. The molecule has 0 fully saturated rings. The molecule has 11 aromatic rings. The topological polar surface area (TPSA) is 34.2 Å². The van der Waals surface area contributed by atoms with Crippen LogP contribution in [0.3, 0.4) is 0 Å². The van der Waals surface area contributed by atoms with Crippen molar-refractivity contribution in [3.63, 3.8) is 0 Å². The van der Waals surface area contributed by atoms with Crippen LogP contribution < -0.4 is 4.90 Å². The number of allylic oxidation sites excluding steroid dienone is 1. The van der Waals surface area contributed by atoms with Crippen LogP contribution in [-0.4, -0.2) is 9.55 Å². The summed E-state index contributed by atoms with van der Waals surface area (Å²) < 4.78 is 11.9. The van der Waals surface area contributed by atoms with E-state index < -0.39 is 0 Å². The first kappa shape index (κ1) is 36.2. The lowest BCUT2D eigenvalue weighted by atomic mass is 9.72. The summed E-state index contributed by atoms with van der Waals surface area (Å²) in [7, 11) is 0. The summed E-state index contributed by atoms with van der Waals surface area (Å²) in [5.74, 6) is 0.814. The number of rotatable bonds is 5. The maximum atomic E-state index is 6.81. The second-order valence-corrected chi connectivity index (χ2v) is 18.6. The van der Waals surface area contributed by atoms with Crippen LogP contribution in [0.5, 0.6) is 0 Å². The van der Waals surface area contributed by atoms with Crippen LogP contribution in [0.4, 0.5) is 17.1 Å². The van der Waals surface area contributed by atoms with Crippen LogP contribution in [0.25, 0.3) is 76.5 Å². The molecule has 0 N–H and O–H groups in total. The minimum absolute atomic E-state index is 0.184. The molecule has 1 atom stereocenters. The molecule has 1 aliphatic carbocycles. The third kappa shape index (κ3) is 5.56. The Hall–Kier alpha value is -7.47. The maximum absolute atomic E-state index is 6.81. The molecule has 0 saturated heterocycles. The standard InChI is InChI=1S/C58H41N3OS/c1-58(2)47-21-10-11-22-51(47)60(41-17-7-4-8-18-41)52-30-25-40(35-48(52)58)38-24-29-50-45(33-38)44-27-28-49-56(62-57(59-49)36-14-5-3-6-15-36)55(44)61(50)42-19-13-16-37(32-42)39-26-31-54-46(34-39)43-20-9-12-23-53(43)63-54/h3-32,34-35,38H,33H2,1-2H3. The second kappa shape index (κ2) is 13.8. The fraction of sp³-hybridized carbons (Fsp3) is 0.0862. The fourth-order valence-electron chi connectivity index (χ4n) is 10.5. The molecule has 3 aromatic heterocycles. The van der Waals surface area contributed by atoms with Gasteiger partial charge in [-0.3, -0.25) is 0 Å². The van der Waals surface area contributed by atoms with Crippen LogP contribution in [0.15, 0.2) is 192 Å². The molecule has 5 heteroatoms. The number of para-hydroxylation sites is 2. The molecule has 0 amide bonds.